The number of nitrogens with zero attached hydrogens (tertiary/aromatic N) is 5. The Morgan fingerprint density at radius 1 is 0.339 bits per heavy atom. The van der Waals surface area contributed by atoms with Crippen molar-refractivity contribution in [2.24, 2.45) is 0 Å². The van der Waals surface area contributed by atoms with Crippen LogP contribution in [0, 0.1) is 0 Å². The van der Waals surface area contributed by atoms with Gasteiger partial charge < -0.3 is 22.6 Å². The van der Waals surface area contributed by atoms with Crippen LogP contribution in [0.1, 0.15) is 27.7 Å². The molecule has 18 aromatic rings. The number of halogens is 9. The first-order chi connectivity index (χ1) is 59.4. The molecule has 0 bridgehead atoms. The summed E-state index contributed by atoms with van der Waals surface area (Å²) in [6.07, 6.45) is -7.19. The molecule has 0 saturated carbocycles. The molecule has 5 heterocycles. The molecule has 0 N–H and O–H groups in total. The van der Waals surface area contributed by atoms with Crippen LogP contribution in [-0.2, 0) is 28.6 Å². The molecule has 0 radical (unpaired) electrons. The topological polar surface area (TPSA) is 143 Å². The summed E-state index contributed by atoms with van der Waals surface area (Å²) in [4.78, 5) is 15.3. The van der Waals surface area contributed by atoms with E-state index in [0.29, 0.717) is 39.2 Å². The van der Waals surface area contributed by atoms with Gasteiger partial charge >= 0.3 is 40.5 Å². The van der Waals surface area contributed by atoms with E-state index in [1.54, 1.807) is 84.9 Å². The van der Waals surface area contributed by atoms with Crippen molar-refractivity contribution in [2.75, 3.05) is 0 Å². The highest BCUT2D eigenvalue weighted by atomic mass is 32.2. The minimum Gasteiger partial charge on any atom is -0.399 e. The molecule has 0 unspecified atom stereocenters. The number of aromatic nitrogens is 5. The van der Waals surface area contributed by atoms with Crippen molar-refractivity contribution in [3.05, 3.63) is 370 Å². The standard InChI is InChI=1S/C44H30N3OP.C28H18F9O4PS.C27H25BN2O2/c48-49(36-14-6-2-7-15-36,37-16-8-3-9-17-37)38-27-24-32(25-28-38)31-20-22-33(23-21-31)35-26-29-40-39(30-35)44-46-41-18-10-11-19-42(41)47(44)43(45-40)34-12-4-1-5-13-34;29-25(30,27(33,34)35)26(31,32)28(36,37)43(39,40)41-21-15-11-19(12-16-21)20-13-17-24(18-14-20)42(38,22-7-3-1-4-8-22)23-9-5-2-6-10-23;1-26(2)27(3,4)32-28(31-26)20-14-15-22-21(17-20)24-16-19-12-8-9-13-23(19)30(24)25(29-22)18-10-6-5-7-11-18/h1-30H;1-18H;5-17H,1-4H3. The van der Waals surface area contributed by atoms with E-state index < -0.39 is 60.5 Å². The zero-order valence-corrected chi connectivity index (χ0v) is 69.2. The van der Waals surface area contributed by atoms with Gasteiger partial charge in [-0.3, -0.25) is 8.80 Å². The Bertz CT molecular complexity index is 7140. The third kappa shape index (κ3) is 15.0. The zero-order chi connectivity index (χ0) is 86.8. The van der Waals surface area contributed by atoms with Crippen molar-refractivity contribution in [2.45, 2.75) is 62.2 Å². The molecule has 12 nitrogen and oxygen atoms in total. The zero-order valence-electron chi connectivity index (χ0n) is 66.6. The number of hydrogen-bond acceptors (Lipinski definition) is 10. The molecule has 124 heavy (non-hydrogen) atoms. The summed E-state index contributed by atoms with van der Waals surface area (Å²) < 4.78 is 192. The first kappa shape index (κ1) is 83.3. The van der Waals surface area contributed by atoms with Crippen molar-refractivity contribution in [1.29, 1.82) is 0 Å². The molecule has 0 atom stereocenters. The van der Waals surface area contributed by atoms with Crippen LogP contribution >= 0.6 is 14.3 Å². The predicted octanol–water partition coefficient (Wildman–Crippen LogP) is 22.4. The normalized spacial score (nSPS) is 13.9. The fourth-order valence-corrected chi connectivity index (χ4v) is 21.5. The van der Waals surface area contributed by atoms with Gasteiger partial charge in [-0.1, -0.05) is 315 Å². The molecule has 19 rings (SSSR count). The molecular formula is C99H73BF9N5O7P2S. The Kier molecular flexibility index (Phi) is 21.7. The molecule has 618 valence electrons. The lowest BCUT2D eigenvalue weighted by molar-refractivity contribution is -0.382. The van der Waals surface area contributed by atoms with Crippen molar-refractivity contribution in [1.82, 2.24) is 23.8 Å². The monoisotopic (exact) mass is 1720 g/mol. The van der Waals surface area contributed by atoms with Crippen LogP contribution in [-0.4, -0.2) is 73.8 Å². The van der Waals surface area contributed by atoms with E-state index in [1.807, 2.05) is 109 Å². The van der Waals surface area contributed by atoms with Crippen LogP contribution in [0.3, 0.4) is 0 Å². The van der Waals surface area contributed by atoms with E-state index in [1.165, 1.54) is 5.39 Å². The van der Waals surface area contributed by atoms with Gasteiger partial charge in [0.05, 0.1) is 44.3 Å². The second-order valence-electron chi connectivity index (χ2n) is 30.8. The van der Waals surface area contributed by atoms with E-state index in [-0.39, 0.29) is 11.2 Å². The third-order valence-corrected chi connectivity index (χ3v) is 30.0. The second kappa shape index (κ2) is 32.3. The molecule has 1 saturated heterocycles. The van der Waals surface area contributed by atoms with Gasteiger partial charge in [0.2, 0.25) is 0 Å². The molecule has 1 aliphatic heterocycles. The second-order valence-corrected chi connectivity index (χ2v) is 38.0. The Morgan fingerprint density at radius 3 is 1.16 bits per heavy atom. The number of fused-ring (bicyclic) bond motifs is 10. The van der Waals surface area contributed by atoms with Crippen LogP contribution in [0.5, 0.6) is 5.75 Å². The Morgan fingerprint density at radius 2 is 0.702 bits per heavy atom. The molecule has 14 aromatic carbocycles. The van der Waals surface area contributed by atoms with Gasteiger partial charge in [0.15, 0.2) is 14.3 Å². The fourth-order valence-electron chi connectivity index (χ4n) is 15.3. The Labute approximate surface area is 707 Å². The lowest BCUT2D eigenvalue weighted by Crippen LogP contribution is -2.63. The van der Waals surface area contributed by atoms with Crippen molar-refractivity contribution < 1.29 is 70.6 Å². The van der Waals surface area contributed by atoms with E-state index in [0.717, 1.165) is 128 Å². The van der Waals surface area contributed by atoms with Crippen LogP contribution in [0.2, 0.25) is 0 Å². The van der Waals surface area contributed by atoms with Gasteiger partial charge in [-0.2, -0.15) is 47.9 Å². The van der Waals surface area contributed by atoms with E-state index in [2.05, 4.69) is 192 Å². The number of rotatable bonds is 17. The molecule has 0 spiro atoms. The summed E-state index contributed by atoms with van der Waals surface area (Å²) >= 11 is 0. The highest BCUT2D eigenvalue weighted by Gasteiger charge is 2.86. The van der Waals surface area contributed by atoms with Gasteiger partial charge in [-0.15, -0.1) is 0 Å². The van der Waals surface area contributed by atoms with E-state index in [9.17, 15) is 57.1 Å². The number of benzene rings is 14. The minimum atomic E-state index is -7.41. The highest BCUT2D eigenvalue weighted by Crippen LogP contribution is 2.56. The van der Waals surface area contributed by atoms with Crippen molar-refractivity contribution >= 4 is 124 Å². The number of imidazole rings is 1. The lowest BCUT2D eigenvalue weighted by Gasteiger charge is -2.32. The van der Waals surface area contributed by atoms with Gasteiger partial charge in [0.1, 0.15) is 23.0 Å². The van der Waals surface area contributed by atoms with Crippen LogP contribution in [0.4, 0.5) is 39.5 Å². The Balaban J connectivity index is 0.000000135. The molecule has 25 heteroatoms. The summed E-state index contributed by atoms with van der Waals surface area (Å²) in [5, 5.41) is 0.393. The van der Waals surface area contributed by atoms with Gasteiger partial charge in [0, 0.05) is 59.1 Å². The van der Waals surface area contributed by atoms with E-state index >= 15 is 0 Å². The van der Waals surface area contributed by atoms with Crippen LogP contribution < -0.4 is 41.5 Å². The average molecular weight is 1720 g/mol. The average Bonchev–Trinajstić information content (AvgIpc) is 0.818. The van der Waals surface area contributed by atoms with E-state index in [4.69, 9.17) is 24.3 Å². The predicted molar refractivity (Wildman–Crippen MR) is 477 cm³/mol. The van der Waals surface area contributed by atoms with Crippen LogP contribution in [0.25, 0.3) is 111 Å². The molecule has 1 aliphatic rings. The molecule has 0 amide bonds. The summed E-state index contributed by atoms with van der Waals surface area (Å²) in [7, 11) is -13.8. The molecule has 4 aromatic heterocycles. The maximum absolute atomic E-state index is 14.8. The number of alkyl halides is 9. The largest absolute Gasteiger partial charge is 0.494 e. The smallest absolute Gasteiger partial charge is 0.399 e. The van der Waals surface area contributed by atoms with Crippen LogP contribution in [0.15, 0.2) is 370 Å². The fraction of sp³-hybridized carbons (Fsp3) is 0.101. The van der Waals surface area contributed by atoms with Gasteiger partial charge in [-0.25, -0.2) is 15.0 Å². The quantitative estimate of drug-likeness (QED) is 0.0374. The molecule has 0 aliphatic carbocycles. The summed E-state index contributed by atoms with van der Waals surface area (Å²) in [6.45, 7) is 8.33. The number of para-hydroxylation sites is 3. The highest BCUT2D eigenvalue weighted by molar-refractivity contribution is 7.88. The van der Waals surface area contributed by atoms with Crippen molar-refractivity contribution in [3.63, 3.8) is 0 Å². The summed E-state index contributed by atoms with van der Waals surface area (Å²) in [6, 6.07) is 116. The Hall–Kier alpha value is -13.0. The first-order valence-corrected chi connectivity index (χ1v) is 44.2. The SMILES string of the molecule is CC1(C)OB(c2ccc3nc(-c4ccccc4)n4c5ccccc5cc4c3c2)OC1(C)C.O=P(c1ccccc1)(c1ccccc1)c1ccc(-c2ccc(-c3ccc4nc(-c5ccccc5)n5c6ccccc6nc5c4c3)cc2)cc1.O=P(c1ccccc1)(c1ccccc1)c1ccc(-c2ccc(OS(=O)(=O)C(F)(F)C(F)(F)C(F)(F)C(F)(F)F)cc2)cc1. The van der Waals surface area contributed by atoms with Crippen molar-refractivity contribution in [3.8, 4) is 61.9 Å². The maximum atomic E-state index is 14.8. The lowest BCUT2D eigenvalue weighted by atomic mass is 9.78. The summed E-state index contributed by atoms with van der Waals surface area (Å²) in [5.74, 6) is -14.1. The molecule has 1 fully saturated rings. The minimum absolute atomic E-state index is 0.297. The third-order valence-electron chi connectivity index (χ3n) is 22.6. The first-order valence-electron chi connectivity index (χ1n) is 39.4. The summed E-state index contributed by atoms with van der Waals surface area (Å²) in [5.41, 5.74) is 14.6. The van der Waals surface area contributed by atoms with Gasteiger partial charge in [-0.05, 0) is 121 Å². The molecular weight excluding hydrogens is 1650 g/mol. The maximum Gasteiger partial charge on any atom is 0.494 e. The van der Waals surface area contributed by atoms with Gasteiger partial charge in [0.25, 0.3) is 0 Å². The number of hydrogen-bond donors (Lipinski definition) is 0.